The quantitative estimate of drug-likeness (QED) is 0.819. The maximum atomic E-state index is 11.8. The lowest BCUT2D eigenvalue weighted by Crippen LogP contribution is -2.46. The number of rotatable bonds is 6. The molecule has 2 aliphatic rings. The monoisotopic (exact) mass is 381 g/mol. The van der Waals surface area contributed by atoms with E-state index >= 15 is 0 Å². The summed E-state index contributed by atoms with van der Waals surface area (Å²) in [7, 11) is -1.37. The Labute approximate surface area is 157 Å². The van der Waals surface area contributed by atoms with E-state index in [1.807, 2.05) is 18.2 Å². The maximum Gasteiger partial charge on any atom is 0.211 e. The summed E-state index contributed by atoms with van der Waals surface area (Å²) in [4.78, 5) is 2.50. The molecule has 1 aromatic rings. The first-order valence-electron chi connectivity index (χ1n) is 9.52. The highest BCUT2D eigenvalue weighted by molar-refractivity contribution is 7.88. The van der Waals surface area contributed by atoms with Crippen molar-refractivity contribution in [3.8, 4) is 5.75 Å². The van der Waals surface area contributed by atoms with Crippen LogP contribution in [0.2, 0.25) is 0 Å². The highest BCUT2D eigenvalue weighted by Gasteiger charge is 2.28. The smallest absolute Gasteiger partial charge is 0.211 e. The van der Waals surface area contributed by atoms with E-state index in [1.165, 1.54) is 6.26 Å². The Hall–Kier alpha value is -1.31. The first-order valence-corrected chi connectivity index (χ1v) is 11.4. The lowest BCUT2D eigenvalue weighted by molar-refractivity contribution is 0.154. The summed E-state index contributed by atoms with van der Waals surface area (Å²) in [5.74, 6) is 1.33. The number of ether oxygens (including phenoxy) is 1. The molecule has 0 radical (unpaired) electrons. The molecule has 1 N–H and O–H groups in total. The number of hydrogen-bond donors (Lipinski definition) is 1. The van der Waals surface area contributed by atoms with Gasteiger partial charge in [0.25, 0.3) is 0 Å². The molecule has 3 rings (SSSR count). The Morgan fingerprint density at radius 3 is 2.65 bits per heavy atom. The van der Waals surface area contributed by atoms with Crippen molar-refractivity contribution in [2.24, 2.45) is 5.92 Å². The number of hydrogen-bond acceptors (Lipinski definition) is 5. The van der Waals surface area contributed by atoms with E-state index < -0.39 is 10.0 Å². The fourth-order valence-corrected chi connectivity index (χ4v) is 4.99. The van der Waals surface area contributed by atoms with Gasteiger partial charge in [0, 0.05) is 50.5 Å². The molecule has 0 aromatic heterocycles. The summed E-state index contributed by atoms with van der Waals surface area (Å²) in [6, 6.07) is 8.56. The SMILES string of the molecule is COc1cccc(NC2CCN(CC3CCCN(S(C)(=O)=O)C3)CC2)c1. The molecular weight excluding hydrogens is 350 g/mol. The highest BCUT2D eigenvalue weighted by atomic mass is 32.2. The fourth-order valence-electron chi connectivity index (χ4n) is 4.05. The Balaban J connectivity index is 1.45. The van der Waals surface area contributed by atoms with Crippen LogP contribution >= 0.6 is 0 Å². The van der Waals surface area contributed by atoms with Gasteiger partial charge >= 0.3 is 0 Å². The minimum absolute atomic E-state index is 0.460. The second-order valence-electron chi connectivity index (χ2n) is 7.58. The zero-order valence-electron chi connectivity index (χ0n) is 15.9. The van der Waals surface area contributed by atoms with Gasteiger partial charge in [0.2, 0.25) is 10.0 Å². The molecule has 6 nitrogen and oxygen atoms in total. The second-order valence-corrected chi connectivity index (χ2v) is 9.56. The average Bonchev–Trinajstić information content (AvgIpc) is 2.63. The number of nitrogens with one attached hydrogen (secondary N) is 1. The lowest BCUT2D eigenvalue weighted by atomic mass is 9.97. The van der Waals surface area contributed by atoms with Crippen LogP contribution in [0.4, 0.5) is 5.69 Å². The van der Waals surface area contributed by atoms with Crippen LogP contribution in [-0.4, -0.2) is 69.8 Å². The minimum Gasteiger partial charge on any atom is -0.497 e. The number of methoxy groups -OCH3 is 1. The Bertz CT molecular complexity index is 687. The van der Waals surface area contributed by atoms with E-state index in [4.69, 9.17) is 4.74 Å². The molecule has 7 heteroatoms. The van der Waals surface area contributed by atoms with E-state index in [0.29, 0.717) is 25.0 Å². The topological polar surface area (TPSA) is 61.9 Å². The first-order chi connectivity index (χ1) is 12.4. The molecule has 2 heterocycles. The molecule has 2 aliphatic heterocycles. The minimum atomic E-state index is -3.05. The predicted molar refractivity (Wildman–Crippen MR) is 105 cm³/mol. The Kier molecular flexibility index (Phi) is 6.42. The molecule has 2 fully saturated rings. The zero-order chi connectivity index (χ0) is 18.6. The van der Waals surface area contributed by atoms with Crippen molar-refractivity contribution in [3.63, 3.8) is 0 Å². The van der Waals surface area contributed by atoms with Crippen molar-refractivity contribution in [2.75, 3.05) is 51.4 Å². The van der Waals surface area contributed by atoms with Crippen molar-refractivity contribution in [2.45, 2.75) is 31.7 Å². The Morgan fingerprint density at radius 2 is 1.96 bits per heavy atom. The van der Waals surface area contributed by atoms with Gasteiger partial charge in [-0.25, -0.2) is 12.7 Å². The molecular formula is C19H31N3O3S. The van der Waals surface area contributed by atoms with E-state index in [2.05, 4.69) is 16.3 Å². The molecule has 146 valence electrons. The normalized spacial score (nSPS) is 23.7. The van der Waals surface area contributed by atoms with Gasteiger partial charge in [0.1, 0.15) is 5.75 Å². The fraction of sp³-hybridized carbons (Fsp3) is 0.684. The van der Waals surface area contributed by atoms with E-state index in [0.717, 1.165) is 56.8 Å². The van der Waals surface area contributed by atoms with Crippen LogP contribution in [-0.2, 0) is 10.0 Å². The van der Waals surface area contributed by atoms with Crippen molar-refractivity contribution in [3.05, 3.63) is 24.3 Å². The summed E-state index contributed by atoms with van der Waals surface area (Å²) in [6.45, 7) is 4.51. The number of benzene rings is 1. The predicted octanol–water partition coefficient (Wildman–Crippen LogP) is 2.24. The van der Waals surface area contributed by atoms with Crippen LogP contribution in [0.3, 0.4) is 0 Å². The summed E-state index contributed by atoms with van der Waals surface area (Å²) in [6.07, 6.45) is 5.66. The van der Waals surface area contributed by atoms with Gasteiger partial charge in [-0.15, -0.1) is 0 Å². The van der Waals surface area contributed by atoms with Crippen molar-refractivity contribution >= 4 is 15.7 Å². The molecule has 2 saturated heterocycles. The maximum absolute atomic E-state index is 11.8. The van der Waals surface area contributed by atoms with Gasteiger partial charge in [0.15, 0.2) is 0 Å². The molecule has 1 atom stereocenters. The zero-order valence-corrected chi connectivity index (χ0v) is 16.7. The van der Waals surface area contributed by atoms with Gasteiger partial charge in [-0.3, -0.25) is 0 Å². The van der Waals surface area contributed by atoms with Gasteiger partial charge in [0.05, 0.1) is 13.4 Å². The molecule has 0 amide bonds. The van der Waals surface area contributed by atoms with Crippen LogP contribution in [0.15, 0.2) is 24.3 Å². The third kappa shape index (κ3) is 5.34. The van der Waals surface area contributed by atoms with Gasteiger partial charge in [-0.2, -0.15) is 0 Å². The molecule has 26 heavy (non-hydrogen) atoms. The number of sulfonamides is 1. The van der Waals surface area contributed by atoms with Crippen molar-refractivity contribution in [1.29, 1.82) is 0 Å². The van der Waals surface area contributed by atoms with Crippen LogP contribution in [0.25, 0.3) is 0 Å². The summed E-state index contributed by atoms with van der Waals surface area (Å²) >= 11 is 0. The molecule has 0 saturated carbocycles. The molecule has 1 unspecified atom stereocenters. The number of piperidine rings is 2. The van der Waals surface area contributed by atoms with Crippen LogP contribution in [0.5, 0.6) is 5.75 Å². The molecule has 1 aromatic carbocycles. The van der Waals surface area contributed by atoms with Crippen molar-refractivity contribution < 1.29 is 13.2 Å². The number of likely N-dealkylation sites (tertiary alicyclic amines) is 1. The summed E-state index contributed by atoms with van der Waals surface area (Å²) in [5.41, 5.74) is 1.11. The summed E-state index contributed by atoms with van der Waals surface area (Å²) in [5, 5.41) is 3.61. The molecule has 0 spiro atoms. The third-order valence-electron chi connectivity index (χ3n) is 5.50. The van der Waals surface area contributed by atoms with E-state index in [9.17, 15) is 8.42 Å². The first kappa shape index (κ1) is 19.5. The standard InChI is InChI=1S/C19H31N3O3S/c1-25-19-7-3-6-18(13-19)20-17-8-11-21(12-9-17)14-16-5-4-10-22(15-16)26(2,23)24/h3,6-7,13,16-17,20H,4-5,8-12,14-15H2,1-2H3. The van der Waals surface area contributed by atoms with Gasteiger partial charge in [-0.1, -0.05) is 6.07 Å². The largest absolute Gasteiger partial charge is 0.497 e. The average molecular weight is 382 g/mol. The number of anilines is 1. The number of nitrogens with zero attached hydrogens (tertiary/aromatic N) is 2. The van der Waals surface area contributed by atoms with E-state index in [-0.39, 0.29) is 0 Å². The van der Waals surface area contributed by atoms with E-state index in [1.54, 1.807) is 11.4 Å². The second kappa shape index (κ2) is 8.59. The lowest BCUT2D eigenvalue weighted by Gasteiger charge is -2.37. The van der Waals surface area contributed by atoms with Crippen LogP contribution in [0.1, 0.15) is 25.7 Å². The van der Waals surface area contributed by atoms with Crippen LogP contribution < -0.4 is 10.1 Å². The molecule has 0 aliphatic carbocycles. The molecule has 0 bridgehead atoms. The summed E-state index contributed by atoms with van der Waals surface area (Å²) < 4.78 is 30.5. The highest BCUT2D eigenvalue weighted by Crippen LogP contribution is 2.23. The van der Waals surface area contributed by atoms with Crippen molar-refractivity contribution in [1.82, 2.24) is 9.21 Å². The Morgan fingerprint density at radius 1 is 1.19 bits per heavy atom. The third-order valence-corrected chi connectivity index (χ3v) is 6.76. The van der Waals surface area contributed by atoms with Gasteiger partial charge < -0.3 is 15.0 Å². The van der Waals surface area contributed by atoms with Crippen LogP contribution in [0, 0.1) is 5.92 Å². The van der Waals surface area contributed by atoms with Gasteiger partial charge in [-0.05, 0) is 43.7 Å².